The molecule has 2 heterocycles. The first-order valence-corrected chi connectivity index (χ1v) is 9.52. The number of esters is 2. The Hall–Kier alpha value is -3.29. The van der Waals surface area contributed by atoms with Gasteiger partial charge in [0.1, 0.15) is 12.2 Å². The summed E-state index contributed by atoms with van der Waals surface area (Å²) < 4.78 is 15.9. The molecule has 0 spiro atoms. The summed E-state index contributed by atoms with van der Waals surface area (Å²) in [6, 6.07) is 4.79. The summed E-state index contributed by atoms with van der Waals surface area (Å²) in [7, 11) is 0. The lowest BCUT2D eigenvalue weighted by molar-refractivity contribution is -0.143. The van der Waals surface area contributed by atoms with Crippen molar-refractivity contribution in [3.8, 4) is 0 Å². The van der Waals surface area contributed by atoms with Crippen LogP contribution in [0.25, 0.3) is 11.0 Å². The van der Waals surface area contributed by atoms with Gasteiger partial charge in [0.15, 0.2) is 0 Å². The topological polar surface area (TPSA) is 107 Å². The van der Waals surface area contributed by atoms with E-state index in [9.17, 15) is 14.4 Å². The predicted molar refractivity (Wildman–Crippen MR) is 105 cm³/mol. The van der Waals surface area contributed by atoms with E-state index < -0.39 is 24.0 Å². The molecular weight excluding hydrogens is 376 g/mol. The van der Waals surface area contributed by atoms with Gasteiger partial charge in [0.2, 0.25) is 0 Å². The van der Waals surface area contributed by atoms with Gasteiger partial charge in [0.25, 0.3) is 0 Å². The fraction of sp³-hybridized carbons (Fsp3) is 0.381. The second-order valence-corrected chi connectivity index (χ2v) is 6.77. The number of nitrogens with one attached hydrogen (secondary N) is 2. The van der Waals surface area contributed by atoms with Crippen molar-refractivity contribution in [2.45, 2.75) is 39.7 Å². The normalized spacial score (nSPS) is 16.4. The van der Waals surface area contributed by atoms with E-state index in [1.165, 1.54) is 6.26 Å². The van der Waals surface area contributed by atoms with Crippen molar-refractivity contribution in [1.82, 2.24) is 10.6 Å². The van der Waals surface area contributed by atoms with Crippen LogP contribution in [0, 0.1) is 6.92 Å². The molecule has 0 radical (unpaired) electrons. The van der Waals surface area contributed by atoms with Crippen LogP contribution in [0.4, 0.5) is 4.79 Å². The summed E-state index contributed by atoms with van der Waals surface area (Å²) in [6.45, 7) is 5.47. The minimum absolute atomic E-state index is 0.0154. The van der Waals surface area contributed by atoms with Crippen LogP contribution in [0.3, 0.4) is 0 Å². The van der Waals surface area contributed by atoms with E-state index in [1.54, 1.807) is 6.92 Å². The first-order valence-electron chi connectivity index (χ1n) is 9.52. The number of aryl methyl sites for hydroxylation is 1. The molecule has 2 aromatic rings. The highest BCUT2D eigenvalue weighted by molar-refractivity contribution is 5.95. The number of hydrogen-bond donors (Lipinski definition) is 2. The molecule has 1 atom stereocenters. The number of furan rings is 1. The van der Waals surface area contributed by atoms with Crippen molar-refractivity contribution in [3.05, 3.63) is 46.9 Å². The molecular formula is C21H24N2O6. The highest BCUT2D eigenvalue weighted by Crippen LogP contribution is 2.23. The number of carbonyl (C=O) groups excluding carboxylic acids is 3. The average Bonchev–Trinajstić information content (AvgIpc) is 3.07. The van der Waals surface area contributed by atoms with Crippen molar-refractivity contribution in [2.75, 3.05) is 13.2 Å². The van der Waals surface area contributed by atoms with E-state index in [0.717, 1.165) is 10.9 Å². The van der Waals surface area contributed by atoms with Gasteiger partial charge in [-0.25, -0.2) is 9.59 Å². The Morgan fingerprint density at radius 2 is 2.00 bits per heavy atom. The third kappa shape index (κ3) is 4.59. The molecule has 2 N–H and O–H groups in total. The van der Waals surface area contributed by atoms with Gasteiger partial charge in [-0.3, -0.25) is 4.79 Å². The smallest absolute Gasteiger partial charge is 0.338 e. The van der Waals surface area contributed by atoms with Crippen LogP contribution < -0.4 is 10.6 Å². The Morgan fingerprint density at radius 1 is 1.21 bits per heavy atom. The van der Waals surface area contributed by atoms with Crippen LogP contribution in [0.15, 0.2) is 40.1 Å². The van der Waals surface area contributed by atoms with Crippen LogP contribution in [-0.2, 0) is 25.5 Å². The molecule has 1 aliphatic heterocycles. The maximum absolute atomic E-state index is 12.4. The predicted octanol–water partition coefficient (Wildman–Crippen LogP) is 2.74. The van der Waals surface area contributed by atoms with E-state index in [2.05, 4.69) is 10.6 Å². The van der Waals surface area contributed by atoms with Crippen LogP contribution in [-0.4, -0.2) is 37.2 Å². The van der Waals surface area contributed by atoms with E-state index in [0.29, 0.717) is 17.6 Å². The van der Waals surface area contributed by atoms with Crippen molar-refractivity contribution < 1.29 is 28.3 Å². The van der Waals surface area contributed by atoms with Gasteiger partial charge in [-0.15, -0.1) is 0 Å². The number of rotatable bonds is 7. The largest absolute Gasteiger partial charge is 0.464 e. The third-order valence-electron chi connectivity index (χ3n) is 4.67. The molecule has 1 aromatic carbocycles. The van der Waals surface area contributed by atoms with Crippen LogP contribution in [0.2, 0.25) is 0 Å². The summed E-state index contributed by atoms with van der Waals surface area (Å²) in [4.78, 5) is 36.6. The minimum Gasteiger partial charge on any atom is -0.464 e. The van der Waals surface area contributed by atoms with E-state index in [4.69, 9.17) is 13.9 Å². The maximum Gasteiger partial charge on any atom is 0.338 e. The molecule has 1 aliphatic rings. The van der Waals surface area contributed by atoms with Crippen molar-refractivity contribution in [3.63, 3.8) is 0 Å². The first-order chi connectivity index (χ1) is 13.9. The number of urea groups is 1. The molecule has 0 bridgehead atoms. The van der Waals surface area contributed by atoms with Crippen LogP contribution >= 0.6 is 0 Å². The van der Waals surface area contributed by atoms with E-state index in [1.807, 2.05) is 32.0 Å². The first kappa shape index (κ1) is 20.4. The standard InChI is InChI=1S/C21H24N2O6/c1-4-15-19(20(25)27-5-2)16(23-21(26)22-15)11-29-18(24)9-13-10-28-17-8-12(3)6-7-14(13)17/h6-8,10,15H,4-5,9,11H2,1-3H3,(H2,22,23,26)/t15-/m0/s1. The lowest BCUT2D eigenvalue weighted by atomic mass is 10.0. The van der Waals surface area contributed by atoms with Crippen molar-refractivity contribution in [1.29, 1.82) is 0 Å². The minimum atomic E-state index is -0.547. The van der Waals surface area contributed by atoms with Gasteiger partial charge in [-0.2, -0.15) is 0 Å². The Balaban J connectivity index is 1.73. The lowest BCUT2D eigenvalue weighted by Gasteiger charge is -2.28. The van der Waals surface area contributed by atoms with E-state index >= 15 is 0 Å². The Kier molecular flexibility index (Phi) is 6.21. The molecule has 0 saturated heterocycles. The summed E-state index contributed by atoms with van der Waals surface area (Å²) >= 11 is 0. The fourth-order valence-corrected chi connectivity index (χ4v) is 3.26. The van der Waals surface area contributed by atoms with Gasteiger partial charge in [0.05, 0.1) is 36.6 Å². The summed E-state index contributed by atoms with van der Waals surface area (Å²) in [5.41, 5.74) is 2.99. The second kappa shape index (κ2) is 8.81. The van der Waals surface area contributed by atoms with Gasteiger partial charge in [0, 0.05) is 10.9 Å². The zero-order valence-electron chi connectivity index (χ0n) is 16.7. The molecule has 2 amide bonds. The molecule has 0 saturated carbocycles. The molecule has 8 nitrogen and oxygen atoms in total. The summed E-state index contributed by atoms with van der Waals surface area (Å²) in [5.74, 6) is -1.04. The molecule has 154 valence electrons. The summed E-state index contributed by atoms with van der Waals surface area (Å²) in [5, 5.41) is 6.07. The molecule has 0 fully saturated rings. The second-order valence-electron chi connectivity index (χ2n) is 6.77. The third-order valence-corrected chi connectivity index (χ3v) is 4.67. The number of ether oxygens (including phenoxy) is 2. The Bertz CT molecular complexity index is 975. The number of fused-ring (bicyclic) bond motifs is 1. The molecule has 1 aromatic heterocycles. The quantitative estimate of drug-likeness (QED) is 0.692. The average molecular weight is 400 g/mol. The van der Waals surface area contributed by atoms with E-state index in [-0.39, 0.29) is 30.9 Å². The molecule has 0 aliphatic carbocycles. The number of hydrogen-bond acceptors (Lipinski definition) is 6. The van der Waals surface area contributed by atoms with Crippen molar-refractivity contribution >= 4 is 28.9 Å². The number of benzene rings is 1. The molecule has 8 heteroatoms. The monoisotopic (exact) mass is 400 g/mol. The summed E-state index contributed by atoms with van der Waals surface area (Å²) in [6.07, 6.45) is 2.05. The molecule has 29 heavy (non-hydrogen) atoms. The SMILES string of the molecule is CCOC(=O)C1=C(COC(=O)Cc2coc3cc(C)ccc23)NC(=O)N[C@H]1CC. The lowest BCUT2D eigenvalue weighted by Crippen LogP contribution is -2.51. The molecule has 3 rings (SSSR count). The highest BCUT2D eigenvalue weighted by atomic mass is 16.5. The number of carbonyl (C=O) groups is 3. The Morgan fingerprint density at radius 3 is 2.72 bits per heavy atom. The van der Waals surface area contributed by atoms with Gasteiger partial charge in [-0.05, 0) is 31.9 Å². The van der Waals surface area contributed by atoms with Gasteiger partial charge >= 0.3 is 18.0 Å². The zero-order valence-corrected chi connectivity index (χ0v) is 16.7. The van der Waals surface area contributed by atoms with Crippen molar-refractivity contribution in [2.24, 2.45) is 0 Å². The Labute approximate surface area is 168 Å². The van der Waals surface area contributed by atoms with Crippen LogP contribution in [0.1, 0.15) is 31.4 Å². The van der Waals surface area contributed by atoms with Gasteiger partial charge in [-0.1, -0.05) is 19.1 Å². The fourth-order valence-electron chi connectivity index (χ4n) is 3.26. The van der Waals surface area contributed by atoms with Gasteiger partial charge < -0.3 is 24.5 Å². The zero-order chi connectivity index (χ0) is 21.0. The highest BCUT2D eigenvalue weighted by Gasteiger charge is 2.32. The van der Waals surface area contributed by atoms with Crippen LogP contribution in [0.5, 0.6) is 0 Å². The molecule has 0 unspecified atom stereocenters. The maximum atomic E-state index is 12.4. The number of amides is 2.